The van der Waals surface area contributed by atoms with Crippen molar-refractivity contribution in [2.75, 3.05) is 17.2 Å². The van der Waals surface area contributed by atoms with E-state index in [4.69, 9.17) is 11.6 Å². The van der Waals surface area contributed by atoms with Crippen molar-refractivity contribution < 1.29 is 14.0 Å². The molecule has 0 radical (unpaired) electrons. The molecule has 1 aliphatic heterocycles. The Morgan fingerprint density at radius 3 is 2.85 bits per heavy atom. The fraction of sp³-hybridized carbons (Fsp3) is 0.300. The van der Waals surface area contributed by atoms with Crippen LogP contribution in [0.1, 0.15) is 35.7 Å². The average Bonchev–Trinajstić information content (AvgIpc) is 2.65. The van der Waals surface area contributed by atoms with Crippen LogP contribution in [0.25, 0.3) is 0 Å². The van der Waals surface area contributed by atoms with E-state index in [1.807, 2.05) is 6.07 Å². The van der Waals surface area contributed by atoms with Crippen molar-refractivity contribution in [3.05, 3.63) is 58.4 Å². The fourth-order valence-electron chi connectivity index (χ4n) is 2.82. The average molecular weight is 407 g/mol. The molecule has 4 nitrogen and oxygen atoms in total. The summed E-state index contributed by atoms with van der Waals surface area (Å²) in [5.41, 5.74) is 1.84. The maximum Gasteiger partial charge on any atom is 0.251 e. The first-order chi connectivity index (χ1) is 13.0. The summed E-state index contributed by atoms with van der Waals surface area (Å²) in [6.45, 7) is 2.91. The number of amides is 2. The topological polar surface area (TPSA) is 49.4 Å². The van der Waals surface area contributed by atoms with Gasteiger partial charge in [0.2, 0.25) is 5.91 Å². The summed E-state index contributed by atoms with van der Waals surface area (Å²) >= 11 is 7.57. The van der Waals surface area contributed by atoms with E-state index in [0.717, 1.165) is 17.7 Å². The number of anilines is 1. The number of carbonyl (C=O) groups excluding carboxylic acids is 2. The molecule has 2 aromatic rings. The van der Waals surface area contributed by atoms with Crippen LogP contribution in [0.2, 0.25) is 5.02 Å². The third kappa shape index (κ3) is 4.62. The Labute approximate surface area is 167 Å². The molecule has 142 valence electrons. The number of thioether (sulfide) groups is 1. The number of hydrogen-bond donors (Lipinski definition) is 1. The predicted molar refractivity (Wildman–Crippen MR) is 107 cm³/mol. The molecule has 3 rings (SSSR count). The zero-order valence-electron chi connectivity index (χ0n) is 14.9. The Balaban J connectivity index is 1.87. The van der Waals surface area contributed by atoms with Crippen molar-refractivity contribution in [1.29, 1.82) is 0 Å². The van der Waals surface area contributed by atoms with Gasteiger partial charge in [0.1, 0.15) is 5.82 Å². The minimum absolute atomic E-state index is 0.0727. The number of unbranched alkanes of at least 4 members (excludes halogenated alkanes) is 1. The van der Waals surface area contributed by atoms with Gasteiger partial charge in [0.25, 0.3) is 5.91 Å². The zero-order chi connectivity index (χ0) is 19.4. The number of nitrogens with one attached hydrogen (secondary N) is 1. The largest absolute Gasteiger partial charge is 0.352 e. The summed E-state index contributed by atoms with van der Waals surface area (Å²) in [4.78, 5) is 27.4. The number of halogens is 2. The first kappa shape index (κ1) is 19.7. The van der Waals surface area contributed by atoms with Crippen molar-refractivity contribution in [2.45, 2.75) is 31.2 Å². The second-order valence-electron chi connectivity index (χ2n) is 6.30. The molecule has 1 heterocycles. The molecule has 0 aromatic heterocycles. The van der Waals surface area contributed by atoms with Gasteiger partial charge in [-0.05, 0) is 42.3 Å². The minimum atomic E-state index is -0.421. The van der Waals surface area contributed by atoms with E-state index in [-0.39, 0.29) is 23.4 Å². The van der Waals surface area contributed by atoms with Gasteiger partial charge in [0.15, 0.2) is 0 Å². The van der Waals surface area contributed by atoms with Gasteiger partial charge in [-0.25, -0.2) is 4.39 Å². The Morgan fingerprint density at radius 1 is 1.30 bits per heavy atom. The molecule has 0 unspecified atom stereocenters. The van der Waals surface area contributed by atoms with Gasteiger partial charge in [0.05, 0.1) is 18.0 Å². The van der Waals surface area contributed by atoms with Crippen LogP contribution in [-0.4, -0.2) is 24.1 Å². The van der Waals surface area contributed by atoms with Crippen LogP contribution in [-0.2, 0) is 11.3 Å². The highest BCUT2D eigenvalue weighted by Gasteiger charge is 2.26. The highest BCUT2D eigenvalue weighted by molar-refractivity contribution is 8.00. The third-order valence-electron chi connectivity index (χ3n) is 4.32. The maximum absolute atomic E-state index is 13.3. The van der Waals surface area contributed by atoms with E-state index in [9.17, 15) is 14.0 Å². The van der Waals surface area contributed by atoms with Crippen LogP contribution >= 0.6 is 23.4 Å². The summed E-state index contributed by atoms with van der Waals surface area (Å²) in [6.07, 6.45) is 1.92. The molecule has 7 heteroatoms. The summed E-state index contributed by atoms with van der Waals surface area (Å²) < 4.78 is 13.3. The van der Waals surface area contributed by atoms with Crippen LogP contribution in [0.4, 0.5) is 10.1 Å². The first-order valence-corrected chi connectivity index (χ1v) is 10.1. The van der Waals surface area contributed by atoms with Crippen LogP contribution in [0.15, 0.2) is 41.3 Å². The molecule has 27 heavy (non-hydrogen) atoms. The van der Waals surface area contributed by atoms with Gasteiger partial charge in [-0.1, -0.05) is 31.0 Å². The summed E-state index contributed by atoms with van der Waals surface area (Å²) in [7, 11) is 0. The normalized spacial score (nSPS) is 13.4. The van der Waals surface area contributed by atoms with Gasteiger partial charge in [0, 0.05) is 22.0 Å². The van der Waals surface area contributed by atoms with E-state index in [1.165, 1.54) is 23.9 Å². The first-order valence-electron chi connectivity index (χ1n) is 8.79. The van der Waals surface area contributed by atoms with E-state index < -0.39 is 5.82 Å². The lowest BCUT2D eigenvalue weighted by molar-refractivity contribution is -0.116. The van der Waals surface area contributed by atoms with Crippen LogP contribution < -0.4 is 10.2 Å². The smallest absolute Gasteiger partial charge is 0.251 e. The highest BCUT2D eigenvalue weighted by Crippen LogP contribution is 2.37. The molecule has 1 aliphatic rings. The molecule has 0 atom stereocenters. The van der Waals surface area contributed by atoms with Gasteiger partial charge < -0.3 is 10.2 Å². The van der Waals surface area contributed by atoms with E-state index >= 15 is 0 Å². The van der Waals surface area contributed by atoms with Gasteiger partial charge in [-0.3, -0.25) is 9.59 Å². The lowest BCUT2D eigenvalue weighted by Gasteiger charge is -2.29. The van der Waals surface area contributed by atoms with E-state index in [1.54, 1.807) is 23.1 Å². The summed E-state index contributed by atoms with van der Waals surface area (Å²) in [6, 6.07) is 9.50. The molecule has 0 aliphatic carbocycles. The van der Waals surface area contributed by atoms with E-state index in [2.05, 4.69) is 12.2 Å². The fourth-order valence-corrected chi connectivity index (χ4v) is 3.96. The molecule has 0 saturated heterocycles. The lowest BCUT2D eigenvalue weighted by Crippen LogP contribution is -2.35. The zero-order valence-corrected chi connectivity index (χ0v) is 16.5. The van der Waals surface area contributed by atoms with Crippen molar-refractivity contribution in [1.82, 2.24) is 5.32 Å². The molecular weight excluding hydrogens is 387 g/mol. The summed E-state index contributed by atoms with van der Waals surface area (Å²) in [5, 5.41) is 3.16. The van der Waals surface area contributed by atoms with Gasteiger partial charge in [-0.2, -0.15) is 0 Å². The standard InChI is InChI=1S/C20H20ClFN2O2S/c1-2-3-8-23-20(26)13-5-7-18-17(9-13)24(19(25)12-27-18)11-14-4-6-15(22)10-16(14)21/h4-7,9-10H,2-3,8,11-12H2,1H3,(H,23,26). The summed E-state index contributed by atoms with van der Waals surface area (Å²) in [5.74, 6) is -0.338. The number of benzene rings is 2. The Morgan fingerprint density at radius 2 is 2.11 bits per heavy atom. The van der Waals surface area contributed by atoms with Gasteiger partial charge in [-0.15, -0.1) is 11.8 Å². The van der Waals surface area contributed by atoms with Crippen molar-refractivity contribution in [3.8, 4) is 0 Å². The predicted octanol–water partition coefficient (Wildman–Crippen LogP) is 4.65. The van der Waals surface area contributed by atoms with E-state index in [0.29, 0.717) is 29.1 Å². The highest BCUT2D eigenvalue weighted by atomic mass is 35.5. The van der Waals surface area contributed by atoms with Crippen LogP contribution in [0, 0.1) is 5.82 Å². The molecule has 0 spiro atoms. The van der Waals surface area contributed by atoms with Gasteiger partial charge >= 0.3 is 0 Å². The van der Waals surface area contributed by atoms with Crippen LogP contribution in [0.5, 0.6) is 0 Å². The van der Waals surface area contributed by atoms with Crippen molar-refractivity contribution in [2.24, 2.45) is 0 Å². The number of hydrogen-bond acceptors (Lipinski definition) is 3. The molecule has 0 saturated carbocycles. The Kier molecular flexibility index (Phi) is 6.39. The maximum atomic E-state index is 13.3. The molecule has 2 aromatic carbocycles. The number of nitrogens with zero attached hydrogens (tertiary/aromatic N) is 1. The molecular formula is C20H20ClFN2O2S. The second-order valence-corrected chi connectivity index (χ2v) is 7.72. The molecule has 0 fully saturated rings. The molecule has 0 bridgehead atoms. The lowest BCUT2D eigenvalue weighted by atomic mass is 10.1. The SMILES string of the molecule is CCCCNC(=O)c1ccc2c(c1)N(Cc1ccc(F)cc1Cl)C(=O)CS2. The van der Waals surface area contributed by atoms with Crippen molar-refractivity contribution in [3.63, 3.8) is 0 Å². The number of carbonyl (C=O) groups is 2. The Hall–Kier alpha value is -2.05. The third-order valence-corrected chi connectivity index (χ3v) is 5.72. The van der Waals surface area contributed by atoms with Crippen molar-refractivity contribution >= 4 is 40.9 Å². The number of fused-ring (bicyclic) bond motifs is 1. The van der Waals surface area contributed by atoms with Crippen LogP contribution in [0.3, 0.4) is 0 Å². The molecule has 1 N–H and O–H groups in total. The second kappa shape index (κ2) is 8.76. The number of rotatable bonds is 6. The molecule has 2 amide bonds. The quantitative estimate of drug-likeness (QED) is 0.710. The minimum Gasteiger partial charge on any atom is -0.352 e. The Bertz CT molecular complexity index is 875. The monoisotopic (exact) mass is 406 g/mol.